The Morgan fingerprint density at radius 1 is 1.18 bits per heavy atom. The Morgan fingerprint density at radius 3 is 2.73 bits per heavy atom. The van der Waals surface area contributed by atoms with Crippen molar-refractivity contribution in [3.05, 3.63) is 47.8 Å². The molecule has 33 heavy (non-hydrogen) atoms. The molecule has 1 heterocycles. The number of carbonyl (C=O) groups is 1. The van der Waals surface area contributed by atoms with Crippen LogP contribution in [-0.2, 0) is 9.47 Å². The first-order chi connectivity index (χ1) is 15.9. The van der Waals surface area contributed by atoms with Crippen LogP contribution in [0.5, 0.6) is 0 Å². The first kappa shape index (κ1) is 22.6. The highest BCUT2D eigenvalue weighted by molar-refractivity contribution is 5.72. The molecule has 1 aromatic rings. The van der Waals surface area contributed by atoms with Crippen LogP contribution < -0.4 is 0 Å². The summed E-state index contributed by atoms with van der Waals surface area (Å²) in [4.78, 5) is 15.6. The van der Waals surface area contributed by atoms with Crippen molar-refractivity contribution in [1.29, 1.82) is 0 Å². The minimum absolute atomic E-state index is 0.205. The van der Waals surface area contributed by atoms with Crippen LogP contribution in [0.3, 0.4) is 0 Å². The molecule has 0 bridgehead atoms. The summed E-state index contributed by atoms with van der Waals surface area (Å²) in [5.41, 5.74) is 4.80. The van der Waals surface area contributed by atoms with Gasteiger partial charge >= 0.3 is 6.16 Å². The minimum Gasteiger partial charge on any atom is -0.450 e. The van der Waals surface area contributed by atoms with Gasteiger partial charge in [-0.05, 0) is 90.7 Å². The third-order valence-electron chi connectivity index (χ3n) is 9.80. The number of ether oxygens (including phenoxy) is 2. The van der Waals surface area contributed by atoms with E-state index in [1.165, 1.54) is 36.0 Å². The van der Waals surface area contributed by atoms with Gasteiger partial charge in [-0.1, -0.05) is 37.6 Å². The normalized spacial score (nSPS) is 38.3. The lowest BCUT2D eigenvalue weighted by Crippen LogP contribution is -2.50. The van der Waals surface area contributed by atoms with Crippen molar-refractivity contribution in [3.8, 4) is 0 Å². The smallest absolute Gasteiger partial charge is 0.450 e. The molecule has 0 spiro atoms. The summed E-state index contributed by atoms with van der Waals surface area (Å²) in [6.07, 6.45) is 15.2. The molecule has 7 atom stereocenters. The van der Waals surface area contributed by atoms with Gasteiger partial charge in [-0.3, -0.25) is 4.98 Å². The van der Waals surface area contributed by atoms with Gasteiger partial charge in [0.25, 0.3) is 0 Å². The Morgan fingerprint density at radius 2 is 2.00 bits per heavy atom. The van der Waals surface area contributed by atoms with E-state index in [0.717, 1.165) is 25.7 Å². The minimum atomic E-state index is -1.20. The van der Waals surface area contributed by atoms with E-state index in [1.807, 2.05) is 12.4 Å². The van der Waals surface area contributed by atoms with E-state index in [0.29, 0.717) is 24.4 Å². The van der Waals surface area contributed by atoms with E-state index in [-0.39, 0.29) is 22.9 Å². The first-order valence-electron chi connectivity index (χ1n) is 12.6. The summed E-state index contributed by atoms with van der Waals surface area (Å²) in [5.74, 6) is 2.32. The second-order valence-electron chi connectivity index (χ2n) is 11.2. The van der Waals surface area contributed by atoms with Crippen LogP contribution >= 0.6 is 0 Å². The molecular weight excluding hydrogens is 414 g/mol. The summed E-state index contributed by atoms with van der Waals surface area (Å²) in [6, 6.07) is 4.27. The number of aromatic nitrogens is 1. The molecule has 4 aliphatic carbocycles. The maximum atomic E-state index is 11.2. The highest BCUT2D eigenvalue weighted by atomic mass is 16.7. The second kappa shape index (κ2) is 8.57. The fourth-order valence-corrected chi connectivity index (χ4v) is 8.10. The number of methoxy groups -OCH3 is 1. The maximum Gasteiger partial charge on any atom is 0.506 e. The van der Waals surface area contributed by atoms with Gasteiger partial charge in [-0.2, -0.15) is 0 Å². The zero-order chi connectivity index (χ0) is 23.2. The monoisotopic (exact) mass is 451 g/mol. The summed E-state index contributed by atoms with van der Waals surface area (Å²) in [7, 11) is 1.62. The van der Waals surface area contributed by atoms with E-state index in [4.69, 9.17) is 9.47 Å². The van der Waals surface area contributed by atoms with E-state index in [1.54, 1.807) is 7.11 Å². The SMILES string of the molecule is COCC(OC(=O)O)[C@H]1CC[C@@]2(C)C(=CC[C@@H]3[C@@H]2CC[C@]2(C)C(c4cccnc4)=CC[C@@H]32)C1. The highest BCUT2D eigenvalue weighted by Gasteiger charge is 2.57. The number of carboxylic acid groups (broad SMARTS) is 1. The number of hydrogen-bond donors (Lipinski definition) is 1. The largest absolute Gasteiger partial charge is 0.506 e. The molecule has 4 aliphatic rings. The van der Waals surface area contributed by atoms with Crippen molar-refractivity contribution in [2.75, 3.05) is 13.7 Å². The van der Waals surface area contributed by atoms with E-state index in [2.05, 4.69) is 43.1 Å². The topological polar surface area (TPSA) is 68.7 Å². The standard InChI is InChI=1S/C28H37NO4/c1-27-12-10-18(25(17-32-3)33-26(30)31)15-20(27)6-7-21-23-9-8-22(19-5-4-14-29-16-19)28(23,2)13-11-24(21)27/h4-6,8,14,16,18,21,23-25H,7,9-13,15,17H2,1-3H3,(H,30,31)/t18-,21-,23-,24-,25?,27-,28+/m0/s1. The molecule has 1 aromatic heterocycles. The van der Waals surface area contributed by atoms with Crippen LogP contribution in [0.15, 0.2) is 42.3 Å². The predicted molar refractivity (Wildman–Crippen MR) is 128 cm³/mol. The van der Waals surface area contributed by atoms with Crippen molar-refractivity contribution in [2.45, 2.75) is 64.9 Å². The van der Waals surface area contributed by atoms with Crippen LogP contribution in [-0.4, -0.2) is 36.1 Å². The lowest BCUT2D eigenvalue weighted by Gasteiger charge is -2.58. The third kappa shape index (κ3) is 3.73. The lowest BCUT2D eigenvalue weighted by atomic mass is 9.46. The molecule has 1 unspecified atom stereocenters. The van der Waals surface area contributed by atoms with Crippen molar-refractivity contribution >= 4 is 11.7 Å². The molecule has 178 valence electrons. The molecule has 1 N–H and O–H groups in total. The Hall–Kier alpha value is -2.14. The predicted octanol–water partition coefficient (Wildman–Crippen LogP) is 6.36. The zero-order valence-corrected chi connectivity index (χ0v) is 20.1. The van der Waals surface area contributed by atoms with Gasteiger partial charge in [0.1, 0.15) is 6.10 Å². The Bertz CT molecular complexity index is 956. The number of fused-ring (bicyclic) bond motifs is 5. The van der Waals surface area contributed by atoms with Gasteiger partial charge in [0, 0.05) is 25.4 Å². The van der Waals surface area contributed by atoms with E-state index >= 15 is 0 Å². The molecular formula is C28H37NO4. The molecule has 5 rings (SSSR count). The molecule has 2 fully saturated rings. The average Bonchev–Trinajstić information content (AvgIpc) is 3.16. The van der Waals surface area contributed by atoms with Gasteiger partial charge in [-0.15, -0.1) is 0 Å². The third-order valence-corrected chi connectivity index (χ3v) is 9.80. The first-order valence-corrected chi connectivity index (χ1v) is 12.6. The van der Waals surface area contributed by atoms with Gasteiger partial charge in [0.05, 0.1) is 6.61 Å². The van der Waals surface area contributed by atoms with Crippen molar-refractivity contribution in [1.82, 2.24) is 4.98 Å². The highest BCUT2D eigenvalue weighted by Crippen LogP contribution is 2.66. The molecule has 5 nitrogen and oxygen atoms in total. The summed E-state index contributed by atoms with van der Waals surface area (Å²) >= 11 is 0. The molecule has 0 radical (unpaired) electrons. The Balaban J connectivity index is 1.37. The number of pyridine rings is 1. The lowest BCUT2D eigenvalue weighted by molar-refractivity contribution is -0.0462. The van der Waals surface area contributed by atoms with E-state index < -0.39 is 6.16 Å². The fourth-order valence-electron chi connectivity index (χ4n) is 8.10. The fraction of sp³-hybridized carbons (Fsp3) is 0.643. The van der Waals surface area contributed by atoms with Gasteiger partial charge in [0.15, 0.2) is 0 Å². The van der Waals surface area contributed by atoms with Crippen LogP contribution in [0, 0.1) is 34.5 Å². The van der Waals surface area contributed by atoms with Gasteiger partial charge < -0.3 is 14.6 Å². The van der Waals surface area contributed by atoms with Crippen LogP contribution in [0.4, 0.5) is 4.79 Å². The summed E-state index contributed by atoms with van der Waals surface area (Å²) in [5, 5.41) is 9.19. The number of allylic oxidation sites excluding steroid dienone is 4. The van der Waals surface area contributed by atoms with Crippen LogP contribution in [0.2, 0.25) is 0 Å². The van der Waals surface area contributed by atoms with Crippen LogP contribution in [0.1, 0.15) is 64.4 Å². The second-order valence-corrected chi connectivity index (χ2v) is 11.2. The Kier molecular flexibility index (Phi) is 5.88. The molecule has 0 amide bonds. The van der Waals surface area contributed by atoms with Gasteiger partial charge in [-0.25, -0.2) is 4.79 Å². The molecule has 0 saturated heterocycles. The number of nitrogens with zero attached hydrogens (tertiary/aromatic N) is 1. The quantitative estimate of drug-likeness (QED) is 0.416. The van der Waals surface area contributed by atoms with Crippen molar-refractivity contribution in [3.63, 3.8) is 0 Å². The van der Waals surface area contributed by atoms with Crippen molar-refractivity contribution in [2.24, 2.45) is 34.5 Å². The van der Waals surface area contributed by atoms with Gasteiger partial charge in [0.2, 0.25) is 0 Å². The molecule has 5 heteroatoms. The maximum absolute atomic E-state index is 11.2. The molecule has 0 aliphatic heterocycles. The average molecular weight is 452 g/mol. The van der Waals surface area contributed by atoms with Crippen LogP contribution in [0.25, 0.3) is 5.57 Å². The Labute approximate surface area is 197 Å². The number of hydrogen-bond acceptors (Lipinski definition) is 4. The number of rotatable bonds is 5. The summed E-state index contributed by atoms with van der Waals surface area (Å²) in [6.45, 7) is 5.31. The van der Waals surface area contributed by atoms with Crippen molar-refractivity contribution < 1.29 is 19.4 Å². The zero-order valence-electron chi connectivity index (χ0n) is 20.1. The molecule has 0 aromatic carbocycles. The molecule has 2 saturated carbocycles. The van der Waals surface area contributed by atoms with E-state index in [9.17, 15) is 9.90 Å². The summed E-state index contributed by atoms with van der Waals surface area (Å²) < 4.78 is 10.5.